The number of carbonyl (C=O) groups excluding carboxylic acids is 1. The van der Waals surface area contributed by atoms with Crippen LogP contribution in [0.5, 0.6) is 0 Å². The zero-order chi connectivity index (χ0) is 20.1. The van der Waals surface area contributed by atoms with E-state index in [2.05, 4.69) is 13.8 Å². The van der Waals surface area contributed by atoms with Crippen molar-refractivity contribution < 1.29 is 38.7 Å². The molecule has 5 rings (SSSR count). The van der Waals surface area contributed by atoms with Crippen LogP contribution in [0.3, 0.4) is 0 Å². The molecule has 3 aliphatic heterocycles. The van der Waals surface area contributed by atoms with E-state index in [1.165, 1.54) is 0 Å². The molecule has 0 radical (unpaired) electrons. The Kier molecular flexibility index (Phi) is 5.18. The van der Waals surface area contributed by atoms with Crippen molar-refractivity contribution in [2.45, 2.75) is 76.5 Å². The summed E-state index contributed by atoms with van der Waals surface area (Å²) in [5, 5.41) is 8.63. The minimum atomic E-state index is -1.11. The summed E-state index contributed by atoms with van der Waals surface area (Å²) in [5.41, 5.74) is -0.490. The van der Waals surface area contributed by atoms with Crippen molar-refractivity contribution in [3.05, 3.63) is 0 Å². The van der Waals surface area contributed by atoms with Crippen molar-refractivity contribution >= 4 is 11.9 Å². The number of carboxylic acids is 1. The van der Waals surface area contributed by atoms with Gasteiger partial charge in [-0.05, 0) is 43.9 Å². The summed E-state index contributed by atoms with van der Waals surface area (Å²) in [4.78, 5) is 34.7. The first-order valence-electron chi connectivity index (χ1n) is 10.3. The van der Waals surface area contributed by atoms with Crippen LogP contribution in [0.4, 0.5) is 0 Å². The summed E-state index contributed by atoms with van der Waals surface area (Å²) >= 11 is 0. The number of fused-ring (bicyclic) bond motifs is 2. The first-order chi connectivity index (χ1) is 13.2. The molecule has 0 aromatic carbocycles. The van der Waals surface area contributed by atoms with Crippen LogP contribution in [0.1, 0.15) is 52.9 Å². The van der Waals surface area contributed by atoms with E-state index in [1.54, 1.807) is 0 Å². The van der Waals surface area contributed by atoms with E-state index in [0.717, 1.165) is 25.7 Å². The maximum absolute atomic E-state index is 12.2. The molecule has 8 nitrogen and oxygen atoms in total. The fourth-order valence-corrected chi connectivity index (χ4v) is 6.02. The highest BCUT2D eigenvalue weighted by molar-refractivity contribution is 5.72. The monoisotopic (exact) mass is 398 g/mol. The van der Waals surface area contributed by atoms with Crippen LogP contribution in [-0.2, 0) is 33.6 Å². The van der Waals surface area contributed by atoms with Gasteiger partial charge in [0, 0.05) is 18.8 Å². The number of carbonyl (C=O) groups is 2. The van der Waals surface area contributed by atoms with Gasteiger partial charge in [-0.2, -0.15) is 0 Å². The normalized spacial score (nSPS) is 47.1. The molecule has 5 fully saturated rings. The molecule has 0 amide bonds. The summed E-state index contributed by atoms with van der Waals surface area (Å²) in [6.07, 6.45) is 3.91. The number of esters is 1. The van der Waals surface area contributed by atoms with Gasteiger partial charge in [-0.25, -0.2) is 19.4 Å². The molecular formula is C20H30O8. The average Bonchev–Trinajstić information content (AvgIpc) is 2.85. The summed E-state index contributed by atoms with van der Waals surface area (Å²) in [6, 6.07) is 0. The molecule has 158 valence electrons. The van der Waals surface area contributed by atoms with E-state index in [9.17, 15) is 9.59 Å². The van der Waals surface area contributed by atoms with Crippen LogP contribution in [-0.4, -0.2) is 53.9 Å². The zero-order valence-corrected chi connectivity index (χ0v) is 16.7. The molecule has 3 unspecified atom stereocenters. The molecule has 2 aliphatic carbocycles. The Morgan fingerprint density at radius 1 is 1.11 bits per heavy atom. The van der Waals surface area contributed by atoms with E-state index in [1.807, 2.05) is 6.92 Å². The summed E-state index contributed by atoms with van der Waals surface area (Å²) < 4.78 is 17.0. The van der Waals surface area contributed by atoms with Gasteiger partial charge in [0.05, 0.1) is 6.10 Å². The van der Waals surface area contributed by atoms with Gasteiger partial charge in [-0.1, -0.05) is 13.8 Å². The number of carboxylic acid groups (broad SMARTS) is 1. The first-order valence-corrected chi connectivity index (χ1v) is 10.3. The topological polar surface area (TPSA) is 101 Å². The molecule has 8 atom stereocenters. The third kappa shape index (κ3) is 3.24. The molecule has 0 aromatic heterocycles. The number of hydrogen-bond acceptors (Lipinski definition) is 7. The SMILES string of the molecule is C[C@H]1C(OC(=O)COCC(=O)O)C[C@@H]2OC3(C)CC[C@H]4[C@H](C)CCC1[C@@]24OO3. The van der Waals surface area contributed by atoms with Gasteiger partial charge in [0.2, 0.25) is 0 Å². The maximum Gasteiger partial charge on any atom is 0.332 e. The van der Waals surface area contributed by atoms with E-state index in [0.29, 0.717) is 18.3 Å². The van der Waals surface area contributed by atoms with Crippen LogP contribution in [0.25, 0.3) is 0 Å². The second-order valence-corrected chi connectivity index (χ2v) is 9.08. The van der Waals surface area contributed by atoms with Crippen molar-refractivity contribution in [1.82, 2.24) is 0 Å². The van der Waals surface area contributed by atoms with Crippen molar-refractivity contribution in [2.75, 3.05) is 13.2 Å². The Bertz CT molecular complexity index is 638. The fourth-order valence-electron chi connectivity index (χ4n) is 6.02. The van der Waals surface area contributed by atoms with Gasteiger partial charge in [-0.15, -0.1) is 0 Å². The fraction of sp³-hybridized carbons (Fsp3) is 0.900. The van der Waals surface area contributed by atoms with Gasteiger partial charge in [0.25, 0.3) is 0 Å². The molecule has 2 bridgehead atoms. The Morgan fingerprint density at radius 2 is 1.89 bits per heavy atom. The van der Waals surface area contributed by atoms with E-state index < -0.39 is 29.9 Å². The Labute approximate surface area is 164 Å². The van der Waals surface area contributed by atoms with Gasteiger partial charge in [-0.3, -0.25) is 0 Å². The standard InChI is InChI=1S/C20H30O8/c1-11-4-5-14-12(2)15(25-18(23)10-24-9-17(21)22)8-16-20(14)13(11)6-7-19(3,26-16)27-28-20/h11-16H,4-10H2,1-3H3,(H,21,22)/t11-,12-,13+,14?,15?,16+,19?,20-/m1/s1. The highest BCUT2D eigenvalue weighted by atomic mass is 17.3. The van der Waals surface area contributed by atoms with E-state index in [-0.39, 0.29) is 30.7 Å². The lowest BCUT2D eigenvalue weighted by Crippen LogP contribution is -2.69. The van der Waals surface area contributed by atoms with Crippen molar-refractivity contribution in [2.24, 2.45) is 23.7 Å². The summed E-state index contributed by atoms with van der Waals surface area (Å²) in [5.74, 6) is -1.27. The number of hydrogen-bond donors (Lipinski definition) is 1. The van der Waals surface area contributed by atoms with Gasteiger partial charge >= 0.3 is 11.9 Å². The molecule has 28 heavy (non-hydrogen) atoms. The predicted octanol–water partition coefficient (Wildman–Crippen LogP) is 2.30. The molecule has 5 aliphatic rings. The van der Waals surface area contributed by atoms with Crippen molar-refractivity contribution in [3.63, 3.8) is 0 Å². The van der Waals surface area contributed by atoms with Crippen LogP contribution < -0.4 is 0 Å². The van der Waals surface area contributed by atoms with Crippen LogP contribution in [0.2, 0.25) is 0 Å². The van der Waals surface area contributed by atoms with Crippen LogP contribution >= 0.6 is 0 Å². The Hall–Kier alpha value is -1.22. The lowest BCUT2D eigenvalue weighted by atomic mass is 9.53. The molecule has 1 N–H and O–H groups in total. The van der Waals surface area contributed by atoms with Gasteiger partial charge in [0.1, 0.15) is 24.9 Å². The molecule has 8 heteroatoms. The van der Waals surface area contributed by atoms with E-state index >= 15 is 0 Å². The summed E-state index contributed by atoms with van der Waals surface area (Å²) in [7, 11) is 0. The average molecular weight is 398 g/mol. The molecule has 0 aromatic rings. The third-order valence-corrected chi connectivity index (χ3v) is 7.34. The Balaban J connectivity index is 1.53. The van der Waals surface area contributed by atoms with Crippen molar-refractivity contribution in [3.8, 4) is 0 Å². The Morgan fingerprint density at radius 3 is 2.64 bits per heavy atom. The highest BCUT2D eigenvalue weighted by Crippen LogP contribution is 2.61. The minimum absolute atomic E-state index is 0.0873. The highest BCUT2D eigenvalue weighted by Gasteiger charge is 2.68. The van der Waals surface area contributed by atoms with Gasteiger partial charge in [0.15, 0.2) is 5.79 Å². The predicted molar refractivity (Wildman–Crippen MR) is 94.9 cm³/mol. The van der Waals surface area contributed by atoms with Gasteiger partial charge < -0.3 is 19.3 Å². The quantitative estimate of drug-likeness (QED) is 0.556. The molecule has 3 heterocycles. The number of rotatable bonds is 5. The smallest absolute Gasteiger partial charge is 0.332 e. The maximum atomic E-state index is 12.2. The molecule has 2 saturated carbocycles. The minimum Gasteiger partial charge on any atom is -0.480 e. The number of ether oxygens (including phenoxy) is 3. The second kappa shape index (κ2) is 7.23. The van der Waals surface area contributed by atoms with E-state index in [4.69, 9.17) is 29.1 Å². The molecular weight excluding hydrogens is 368 g/mol. The molecule has 1 spiro atoms. The zero-order valence-electron chi connectivity index (χ0n) is 16.7. The third-order valence-electron chi connectivity index (χ3n) is 7.34. The van der Waals surface area contributed by atoms with Crippen LogP contribution in [0, 0.1) is 23.7 Å². The summed E-state index contributed by atoms with van der Waals surface area (Å²) in [6.45, 7) is 5.41. The second-order valence-electron chi connectivity index (χ2n) is 9.08. The first kappa shape index (κ1) is 20.1. The lowest BCUT2D eigenvalue weighted by Gasteiger charge is -2.60. The van der Waals surface area contributed by atoms with Crippen molar-refractivity contribution in [1.29, 1.82) is 0 Å². The lowest BCUT2D eigenvalue weighted by molar-refractivity contribution is -0.540. The number of aliphatic carboxylic acids is 1. The molecule has 3 saturated heterocycles. The largest absolute Gasteiger partial charge is 0.480 e. The van der Waals surface area contributed by atoms with Crippen LogP contribution in [0.15, 0.2) is 0 Å².